The summed E-state index contributed by atoms with van der Waals surface area (Å²) in [6, 6.07) is 5.17. The van der Waals surface area contributed by atoms with E-state index < -0.39 is 11.9 Å². The maximum absolute atomic E-state index is 11.1. The quantitative estimate of drug-likeness (QED) is 0.782. The van der Waals surface area contributed by atoms with Gasteiger partial charge in [-0.3, -0.25) is 4.79 Å². The summed E-state index contributed by atoms with van der Waals surface area (Å²) in [5, 5.41) is 9.09. The molecule has 0 aromatic heterocycles. The first-order valence-corrected chi connectivity index (χ1v) is 6.39. The summed E-state index contributed by atoms with van der Waals surface area (Å²) in [4.78, 5) is 11.1. The smallest absolute Gasteiger partial charge is 0.312 e. The number of hydrogen-bond donors (Lipinski definition) is 2. The van der Waals surface area contributed by atoms with Crippen molar-refractivity contribution in [2.45, 2.75) is 18.8 Å². The number of hydrogen-bond acceptors (Lipinski definition) is 4. The van der Waals surface area contributed by atoms with Crippen LogP contribution < -0.4 is 15.2 Å². The molecule has 2 rings (SSSR count). The van der Waals surface area contributed by atoms with E-state index in [4.69, 9.17) is 20.3 Å². The van der Waals surface area contributed by atoms with Crippen LogP contribution >= 0.6 is 0 Å². The lowest BCUT2D eigenvalue weighted by atomic mass is 9.99. The molecular weight excluding hydrogens is 246 g/mol. The number of nitrogens with two attached hydrogens (primary N) is 1. The SMILES string of the molecule is COc1cc(C(CN)C(=O)O)ccc1OCC1CC1. The standard InChI is InChI=1S/C14H19NO4/c1-18-13-6-10(11(7-15)14(16)17)4-5-12(13)19-8-9-2-3-9/h4-6,9,11H,2-3,7-8,15H2,1H3,(H,16,17). The Labute approximate surface area is 112 Å². The molecule has 0 bridgehead atoms. The average molecular weight is 265 g/mol. The van der Waals surface area contributed by atoms with E-state index in [1.165, 1.54) is 12.8 Å². The van der Waals surface area contributed by atoms with Gasteiger partial charge in [-0.05, 0) is 36.5 Å². The number of carbonyl (C=O) groups is 1. The number of ether oxygens (including phenoxy) is 2. The van der Waals surface area contributed by atoms with Gasteiger partial charge < -0.3 is 20.3 Å². The van der Waals surface area contributed by atoms with Gasteiger partial charge in [0.1, 0.15) is 0 Å². The van der Waals surface area contributed by atoms with Crippen LogP contribution in [0.3, 0.4) is 0 Å². The van der Waals surface area contributed by atoms with Gasteiger partial charge in [-0.25, -0.2) is 0 Å². The molecule has 5 nitrogen and oxygen atoms in total. The predicted octanol–water partition coefficient (Wildman–Crippen LogP) is 1.61. The zero-order valence-electron chi connectivity index (χ0n) is 11.0. The molecule has 0 aliphatic heterocycles. The van der Waals surface area contributed by atoms with E-state index in [2.05, 4.69) is 0 Å². The molecule has 1 aromatic rings. The molecule has 0 spiro atoms. The van der Waals surface area contributed by atoms with Crippen molar-refractivity contribution in [3.8, 4) is 11.5 Å². The third-order valence-corrected chi connectivity index (χ3v) is 3.30. The number of carboxylic acids is 1. The van der Waals surface area contributed by atoms with Crippen LogP contribution in [0.4, 0.5) is 0 Å². The predicted molar refractivity (Wildman–Crippen MR) is 70.6 cm³/mol. The molecular formula is C14H19NO4. The largest absolute Gasteiger partial charge is 0.493 e. The molecule has 3 N–H and O–H groups in total. The number of rotatable bonds is 7. The summed E-state index contributed by atoms with van der Waals surface area (Å²) in [6.45, 7) is 0.746. The summed E-state index contributed by atoms with van der Waals surface area (Å²) in [5.41, 5.74) is 6.12. The first-order valence-electron chi connectivity index (χ1n) is 6.39. The Morgan fingerprint density at radius 3 is 2.74 bits per heavy atom. The van der Waals surface area contributed by atoms with Gasteiger partial charge in [0, 0.05) is 6.54 Å². The van der Waals surface area contributed by atoms with Gasteiger partial charge in [0.2, 0.25) is 0 Å². The average Bonchev–Trinajstić information content (AvgIpc) is 3.21. The second-order valence-electron chi connectivity index (χ2n) is 4.79. The van der Waals surface area contributed by atoms with Gasteiger partial charge in [0.05, 0.1) is 19.6 Å². The zero-order chi connectivity index (χ0) is 13.8. The van der Waals surface area contributed by atoms with Crippen molar-refractivity contribution in [1.29, 1.82) is 0 Å². The lowest BCUT2D eigenvalue weighted by molar-refractivity contribution is -0.138. The van der Waals surface area contributed by atoms with E-state index in [9.17, 15) is 4.79 Å². The van der Waals surface area contributed by atoms with Crippen LogP contribution in [-0.4, -0.2) is 31.3 Å². The molecule has 0 amide bonds. The molecule has 104 valence electrons. The van der Waals surface area contributed by atoms with Crippen molar-refractivity contribution in [2.24, 2.45) is 11.7 Å². The minimum Gasteiger partial charge on any atom is -0.493 e. The van der Waals surface area contributed by atoms with Crippen LogP contribution in [0.5, 0.6) is 11.5 Å². The van der Waals surface area contributed by atoms with Gasteiger partial charge in [-0.1, -0.05) is 6.07 Å². The molecule has 1 aliphatic rings. The highest BCUT2D eigenvalue weighted by atomic mass is 16.5. The van der Waals surface area contributed by atoms with Crippen molar-refractivity contribution in [3.05, 3.63) is 23.8 Å². The second kappa shape index (κ2) is 5.93. The van der Waals surface area contributed by atoms with Gasteiger partial charge in [-0.2, -0.15) is 0 Å². The summed E-state index contributed by atoms with van der Waals surface area (Å²) in [6.07, 6.45) is 2.43. The Bertz CT molecular complexity index is 457. The summed E-state index contributed by atoms with van der Waals surface area (Å²) in [7, 11) is 1.54. The van der Waals surface area contributed by atoms with E-state index >= 15 is 0 Å². The van der Waals surface area contributed by atoms with Crippen molar-refractivity contribution in [3.63, 3.8) is 0 Å². The molecule has 1 saturated carbocycles. The van der Waals surface area contributed by atoms with Gasteiger partial charge in [-0.15, -0.1) is 0 Å². The maximum atomic E-state index is 11.1. The third-order valence-electron chi connectivity index (χ3n) is 3.30. The topological polar surface area (TPSA) is 81.8 Å². The monoisotopic (exact) mass is 265 g/mol. The number of aliphatic carboxylic acids is 1. The summed E-state index contributed by atoms with van der Waals surface area (Å²) < 4.78 is 10.9. The number of carboxylic acid groups (broad SMARTS) is 1. The van der Waals surface area contributed by atoms with Crippen LogP contribution in [0.2, 0.25) is 0 Å². The summed E-state index contributed by atoms with van der Waals surface area (Å²) in [5.74, 6) is 0.208. The Hall–Kier alpha value is -1.75. The highest BCUT2D eigenvalue weighted by Gasteiger charge is 2.23. The van der Waals surface area contributed by atoms with Crippen molar-refractivity contribution in [1.82, 2.24) is 0 Å². The van der Waals surface area contributed by atoms with Crippen molar-refractivity contribution < 1.29 is 19.4 Å². The van der Waals surface area contributed by atoms with Crippen LogP contribution in [0, 0.1) is 5.92 Å². The fraction of sp³-hybridized carbons (Fsp3) is 0.500. The van der Waals surface area contributed by atoms with Crippen LogP contribution in [0.25, 0.3) is 0 Å². The highest BCUT2D eigenvalue weighted by Crippen LogP contribution is 2.34. The molecule has 1 aromatic carbocycles. The fourth-order valence-electron chi connectivity index (χ4n) is 1.89. The Kier molecular flexibility index (Phi) is 4.27. The lowest BCUT2D eigenvalue weighted by Crippen LogP contribution is -2.21. The fourth-order valence-corrected chi connectivity index (χ4v) is 1.89. The molecule has 1 unspecified atom stereocenters. The molecule has 19 heavy (non-hydrogen) atoms. The summed E-state index contributed by atoms with van der Waals surface area (Å²) >= 11 is 0. The van der Waals surface area contributed by atoms with Gasteiger partial charge >= 0.3 is 5.97 Å². The first-order chi connectivity index (χ1) is 9.15. The van der Waals surface area contributed by atoms with E-state index in [0.29, 0.717) is 29.6 Å². The highest BCUT2D eigenvalue weighted by molar-refractivity contribution is 5.76. The van der Waals surface area contributed by atoms with Crippen molar-refractivity contribution in [2.75, 3.05) is 20.3 Å². The molecule has 1 atom stereocenters. The number of methoxy groups -OCH3 is 1. The normalized spacial score (nSPS) is 15.9. The van der Waals surface area contributed by atoms with E-state index in [0.717, 1.165) is 0 Å². The Morgan fingerprint density at radius 1 is 1.47 bits per heavy atom. The van der Waals surface area contributed by atoms with Gasteiger partial charge in [0.25, 0.3) is 0 Å². The molecule has 0 heterocycles. The van der Waals surface area contributed by atoms with E-state index in [-0.39, 0.29) is 6.54 Å². The Balaban J connectivity index is 2.15. The van der Waals surface area contributed by atoms with E-state index in [1.54, 1.807) is 25.3 Å². The molecule has 1 aliphatic carbocycles. The minimum atomic E-state index is -0.934. The molecule has 0 radical (unpaired) electrons. The van der Waals surface area contributed by atoms with Gasteiger partial charge in [0.15, 0.2) is 11.5 Å². The zero-order valence-corrected chi connectivity index (χ0v) is 11.0. The number of benzene rings is 1. The minimum absolute atomic E-state index is 0.0563. The molecule has 0 saturated heterocycles. The molecule has 1 fully saturated rings. The maximum Gasteiger partial charge on any atom is 0.312 e. The van der Waals surface area contributed by atoms with Crippen molar-refractivity contribution >= 4 is 5.97 Å². The Morgan fingerprint density at radius 2 is 2.21 bits per heavy atom. The first kappa shape index (κ1) is 13.7. The van der Waals surface area contributed by atoms with Crippen LogP contribution in [0.1, 0.15) is 24.3 Å². The van der Waals surface area contributed by atoms with Crippen LogP contribution in [-0.2, 0) is 4.79 Å². The second-order valence-corrected chi connectivity index (χ2v) is 4.79. The van der Waals surface area contributed by atoms with Crippen LogP contribution in [0.15, 0.2) is 18.2 Å². The third kappa shape index (κ3) is 3.38. The van der Waals surface area contributed by atoms with E-state index in [1.807, 2.05) is 0 Å². The molecule has 5 heteroatoms. The lowest BCUT2D eigenvalue weighted by Gasteiger charge is -2.15.